The minimum Gasteiger partial charge on any atom is -0.317 e. The van der Waals surface area contributed by atoms with Gasteiger partial charge in [0.15, 0.2) is 0 Å². The molecule has 1 heterocycles. The second kappa shape index (κ2) is 3.47. The first-order valence-corrected chi connectivity index (χ1v) is 7.06. The van der Waals surface area contributed by atoms with Crippen LogP contribution < -0.4 is 10.0 Å². The summed E-state index contributed by atoms with van der Waals surface area (Å²) in [6, 6.07) is 0. The molecule has 2 N–H and O–H groups in total. The van der Waals surface area contributed by atoms with E-state index in [0.29, 0.717) is 17.9 Å². The van der Waals surface area contributed by atoms with E-state index < -0.39 is 10.0 Å². The van der Waals surface area contributed by atoms with Crippen molar-refractivity contribution in [3.63, 3.8) is 0 Å². The van der Waals surface area contributed by atoms with Crippen molar-refractivity contribution in [3.8, 4) is 0 Å². The van der Waals surface area contributed by atoms with Gasteiger partial charge in [-0.3, -0.25) is 0 Å². The van der Waals surface area contributed by atoms with Crippen molar-refractivity contribution in [2.45, 2.75) is 19.3 Å². The Labute approximate surface area is 85.5 Å². The van der Waals surface area contributed by atoms with Crippen molar-refractivity contribution < 1.29 is 8.42 Å². The molecule has 0 aromatic heterocycles. The highest BCUT2D eigenvalue weighted by atomic mass is 32.2. The molecular weight excluding hydrogens is 200 g/mol. The quantitative estimate of drug-likeness (QED) is 0.697. The fraction of sp³-hybridized carbons (Fsp3) is 1.00. The van der Waals surface area contributed by atoms with Crippen molar-refractivity contribution in [2.75, 3.05) is 25.9 Å². The predicted molar refractivity (Wildman–Crippen MR) is 55.5 cm³/mol. The van der Waals surface area contributed by atoms with Crippen LogP contribution in [0.15, 0.2) is 0 Å². The Bertz CT molecular complexity index is 307. The molecule has 0 radical (unpaired) electrons. The maximum atomic E-state index is 10.9. The number of rotatable bonds is 3. The Morgan fingerprint density at radius 2 is 2.07 bits per heavy atom. The van der Waals surface area contributed by atoms with Crippen molar-refractivity contribution in [3.05, 3.63) is 0 Å². The van der Waals surface area contributed by atoms with E-state index in [4.69, 9.17) is 0 Å². The Kier molecular flexibility index (Phi) is 2.57. The zero-order valence-corrected chi connectivity index (χ0v) is 9.36. The van der Waals surface area contributed by atoms with E-state index in [2.05, 4.69) is 10.0 Å². The van der Waals surface area contributed by atoms with E-state index in [-0.39, 0.29) is 0 Å². The molecule has 1 spiro atoms. The lowest BCUT2D eigenvalue weighted by Gasteiger charge is -2.23. The third-order valence-electron chi connectivity index (χ3n) is 3.55. The number of hydrogen-bond acceptors (Lipinski definition) is 3. The van der Waals surface area contributed by atoms with Crippen molar-refractivity contribution in [1.29, 1.82) is 0 Å². The molecule has 0 aromatic rings. The Morgan fingerprint density at radius 3 is 2.64 bits per heavy atom. The van der Waals surface area contributed by atoms with Crippen LogP contribution in [-0.2, 0) is 10.0 Å². The molecule has 0 unspecified atom stereocenters. The standard InChI is InChI=1S/C9H18N2O2S/c1-14(12,13)11-7-8-6-9(8)2-4-10-5-3-9/h8,10-11H,2-7H2,1H3/t8-/m1/s1. The van der Waals surface area contributed by atoms with Crippen molar-refractivity contribution in [2.24, 2.45) is 11.3 Å². The SMILES string of the molecule is CS(=O)(=O)NC[C@H]1CC12CCNCC2. The summed E-state index contributed by atoms with van der Waals surface area (Å²) >= 11 is 0. The van der Waals surface area contributed by atoms with E-state index in [1.807, 2.05) is 0 Å². The monoisotopic (exact) mass is 218 g/mol. The first-order chi connectivity index (χ1) is 6.52. The van der Waals surface area contributed by atoms with Crippen LogP contribution in [0.5, 0.6) is 0 Å². The van der Waals surface area contributed by atoms with Crippen LogP contribution >= 0.6 is 0 Å². The van der Waals surface area contributed by atoms with E-state index in [0.717, 1.165) is 13.1 Å². The van der Waals surface area contributed by atoms with Crippen LogP contribution in [0.4, 0.5) is 0 Å². The summed E-state index contributed by atoms with van der Waals surface area (Å²) in [5.41, 5.74) is 0.475. The average molecular weight is 218 g/mol. The van der Waals surface area contributed by atoms with Gasteiger partial charge in [-0.15, -0.1) is 0 Å². The van der Waals surface area contributed by atoms with Gasteiger partial charge in [0.05, 0.1) is 6.26 Å². The lowest BCUT2D eigenvalue weighted by Crippen LogP contribution is -2.32. The summed E-state index contributed by atoms with van der Waals surface area (Å²) in [7, 11) is -3.00. The normalized spacial score (nSPS) is 30.5. The molecule has 1 saturated heterocycles. The van der Waals surface area contributed by atoms with Gasteiger partial charge in [0.1, 0.15) is 0 Å². The zero-order valence-electron chi connectivity index (χ0n) is 8.54. The molecule has 14 heavy (non-hydrogen) atoms. The lowest BCUT2D eigenvalue weighted by molar-refractivity contribution is 0.323. The fourth-order valence-electron chi connectivity index (χ4n) is 2.51. The molecule has 1 aliphatic carbocycles. The number of nitrogens with one attached hydrogen (secondary N) is 2. The highest BCUT2D eigenvalue weighted by Gasteiger charge is 2.53. The Morgan fingerprint density at radius 1 is 1.43 bits per heavy atom. The van der Waals surface area contributed by atoms with Gasteiger partial charge in [-0.1, -0.05) is 0 Å². The van der Waals surface area contributed by atoms with E-state index >= 15 is 0 Å². The van der Waals surface area contributed by atoms with Crippen LogP contribution in [0.2, 0.25) is 0 Å². The molecule has 82 valence electrons. The minimum absolute atomic E-state index is 0.475. The molecule has 2 aliphatic rings. The molecule has 2 fully saturated rings. The molecule has 1 saturated carbocycles. The van der Waals surface area contributed by atoms with Crippen molar-refractivity contribution in [1.82, 2.24) is 10.0 Å². The van der Waals surface area contributed by atoms with Gasteiger partial charge in [-0.2, -0.15) is 0 Å². The van der Waals surface area contributed by atoms with Crippen LogP contribution in [-0.4, -0.2) is 34.3 Å². The van der Waals surface area contributed by atoms with Gasteiger partial charge in [-0.25, -0.2) is 13.1 Å². The van der Waals surface area contributed by atoms with Crippen LogP contribution in [0, 0.1) is 11.3 Å². The van der Waals surface area contributed by atoms with Crippen LogP contribution in [0.25, 0.3) is 0 Å². The predicted octanol–water partition coefficient (Wildman–Crippen LogP) is -0.0747. The van der Waals surface area contributed by atoms with Gasteiger partial charge in [0.25, 0.3) is 0 Å². The molecular formula is C9H18N2O2S. The molecule has 5 heteroatoms. The van der Waals surface area contributed by atoms with E-state index in [1.165, 1.54) is 25.5 Å². The summed E-state index contributed by atoms with van der Waals surface area (Å²) < 4.78 is 24.4. The summed E-state index contributed by atoms with van der Waals surface area (Å²) in [6.45, 7) is 2.82. The van der Waals surface area contributed by atoms with Crippen LogP contribution in [0.3, 0.4) is 0 Å². The summed E-state index contributed by atoms with van der Waals surface area (Å²) in [5.74, 6) is 0.583. The minimum atomic E-state index is -3.00. The van der Waals surface area contributed by atoms with Crippen LogP contribution in [0.1, 0.15) is 19.3 Å². The summed E-state index contributed by atoms with van der Waals surface area (Å²) in [5, 5.41) is 3.33. The first kappa shape index (κ1) is 10.4. The van der Waals surface area contributed by atoms with E-state index in [9.17, 15) is 8.42 Å². The Hall–Kier alpha value is -0.130. The number of piperidine rings is 1. The van der Waals surface area contributed by atoms with Gasteiger partial charge in [0, 0.05) is 6.54 Å². The molecule has 0 aromatic carbocycles. The average Bonchev–Trinajstić information content (AvgIpc) is 2.76. The maximum absolute atomic E-state index is 10.9. The third-order valence-corrected chi connectivity index (χ3v) is 4.24. The van der Waals surface area contributed by atoms with Gasteiger partial charge in [-0.05, 0) is 43.7 Å². The molecule has 2 rings (SSSR count). The van der Waals surface area contributed by atoms with Gasteiger partial charge >= 0.3 is 0 Å². The number of sulfonamides is 1. The first-order valence-electron chi connectivity index (χ1n) is 5.17. The smallest absolute Gasteiger partial charge is 0.208 e. The van der Waals surface area contributed by atoms with Gasteiger partial charge < -0.3 is 5.32 Å². The molecule has 4 nitrogen and oxygen atoms in total. The molecule has 1 atom stereocenters. The molecule has 0 bridgehead atoms. The second-order valence-corrected chi connectivity index (χ2v) is 6.47. The second-order valence-electron chi connectivity index (χ2n) is 4.63. The highest BCUT2D eigenvalue weighted by Crippen LogP contribution is 2.58. The van der Waals surface area contributed by atoms with E-state index in [1.54, 1.807) is 0 Å². The highest BCUT2D eigenvalue weighted by molar-refractivity contribution is 7.88. The molecule has 0 amide bonds. The molecule has 1 aliphatic heterocycles. The zero-order chi connectivity index (χ0) is 10.2. The van der Waals surface area contributed by atoms with Gasteiger partial charge in [0.2, 0.25) is 10.0 Å². The van der Waals surface area contributed by atoms with Crippen molar-refractivity contribution >= 4 is 10.0 Å². The third kappa shape index (κ3) is 2.27. The fourth-order valence-corrected chi connectivity index (χ4v) is 3.01. The lowest BCUT2D eigenvalue weighted by atomic mass is 9.92. The number of hydrogen-bond donors (Lipinski definition) is 2. The largest absolute Gasteiger partial charge is 0.317 e. The summed E-state index contributed by atoms with van der Waals surface area (Å²) in [4.78, 5) is 0. The maximum Gasteiger partial charge on any atom is 0.208 e. The summed E-state index contributed by atoms with van der Waals surface area (Å²) in [6.07, 6.45) is 4.86. The Balaban J connectivity index is 1.80. The topological polar surface area (TPSA) is 58.2 Å².